The first-order valence-electron chi connectivity index (χ1n) is 4.47. The number of nitriles is 1. The quantitative estimate of drug-likeness (QED) is 0.744. The third-order valence-electron chi connectivity index (χ3n) is 2.23. The number of aliphatic hydroxyl groups excluding tert-OH is 1. The van der Waals surface area contributed by atoms with Crippen LogP contribution in [0.5, 0.6) is 0 Å². The fourth-order valence-electron chi connectivity index (χ4n) is 1.40. The van der Waals surface area contributed by atoms with E-state index in [0.29, 0.717) is 6.42 Å². The third-order valence-corrected chi connectivity index (χ3v) is 2.23. The van der Waals surface area contributed by atoms with E-state index in [1.807, 2.05) is 24.3 Å². The van der Waals surface area contributed by atoms with Gasteiger partial charge < -0.3 is 10.8 Å². The number of hydrogen-bond acceptors (Lipinski definition) is 3. The van der Waals surface area contributed by atoms with Crippen molar-refractivity contribution in [3.63, 3.8) is 0 Å². The van der Waals surface area contributed by atoms with Gasteiger partial charge in [-0.1, -0.05) is 24.3 Å². The lowest BCUT2D eigenvalue weighted by atomic mass is 9.89. The summed E-state index contributed by atoms with van der Waals surface area (Å²) in [5.41, 5.74) is 6.86. The van der Waals surface area contributed by atoms with Gasteiger partial charge in [0.1, 0.15) is 0 Å². The molecule has 1 rings (SSSR count). The van der Waals surface area contributed by atoms with Crippen LogP contribution in [0, 0.1) is 11.3 Å². The van der Waals surface area contributed by atoms with Crippen molar-refractivity contribution >= 4 is 0 Å². The topological polar surface area (TPSA) is 70.0 Å². The van der Waals surface area contributed by atoms with E-state index in [2.05, 4.69) is 6.07 Å². The van der Waals surface area contributed by atoms with Gasteiger partial charge in [-0.3, -0.25) is 0 Å². The third kappa shape index (κ3) is 2.11. The maximum atomic E-state index is 9.13. The van der Waals surface area contributed by atoms with Gasteiger partial charge >= 0.3 is 0 Å². The number of hydrogen-bond donors (Lipinski definition) is 2. The van der Waals surface area contributed by atoms with Crippen LogP contribution in [0.2, 0.25) is 0 Å². The molecule has 3 nitrogen and oxygen atoms in total. The monoisotopic (exact) mass is 190 g/mol. The minimum absolute atomic E-state index is 0.130. The fraction of sp³-hybridized carbons (Fsp3) is 0.364. The smallest absolute Gasteiger partial charge is 0.0669 e. The van der Waals surface area contributed by atoms with Gasteiger partial charge in [-0.25, -0.2) is 0 Å². The molecule has 0 aliphatic rings. The maximum absolute atomic E-state index is 9.13. The standard InChI is InChI=1S/C11H14N2O/c1-11(13,8-14)10-5-3-2-4-9(10)6-7-12/h2-5,14H,6,8,13H2,1H3/t11-/m0/s1. The Labute approximate surface area is 83.8 Å². The van der Waals surface area contributed by atoms with E-state index in [1.54, 1.807) is 6.92 Å². The van der Waals surface area contributed by atoms with Gasteiger partial charge in [0.25, 0.3) is 0 Å². The molecule has 0 spiro atoms. The predicted molar refractivity (Wildman–Crippen MR) is 54.4 cm³/mol. The lowest BCUT2D eigenvalue weighted by Crippen LogP contribution is -2.37. The zero-order valence-electron chi connectivity index (χ0n) is 8.20. The number of aliphatic hydroxyl groups is 1. The van der Waals surface area contributed by atoms with Gasteiger partial charge in [-0.05, 0) is 18.1 Å². The second kappa shape index (κ2) is 4.23. The molecule has 14 heavy (non-hydrogen) atoms. The van der Waals surface area contributed by atoms with Gasteiger partial charge in [0.15, 0.2) is 0 Å². The molecule has 0 amide bonds. The Kier molecular flexibility index (Phi) is 3.23. The number of nitrogens with zero attached hydrogens (tertiary/aromatic N) is 1. The minimum atomic E-state index is -0.770. The van der Waals surface area contributed by atoms with Crippen molar-refractivity contribution in [2.24, 2.45) is 5.73 Å². The zero-order chi connectivity index (χ0) is 10.6. The van der Waals surface area contributed by atoms with Crippen molar-refractivity contribution in [2.75, 3.05) is 6.61 Å². The molecule has 0 saturated heterocycles. The van der Waals surface area contributed by atoms with Crippen LogP contribution in [-0.2, 0) is 12.0 Å². The highest BCUT2D eigenvalue weighted by Gasteiger charge is 2.22. The lowest BCUT2D eigenvalue weighted by Gasteiger charge is -2.24. The van der Waals surface area contributed by atoms with Crippen molar-refractivity contribution in [3.8, 4) is 6.07 Å². The van der Waals surface area contributed by atoms with Crippen LogP contribution < -0.4 is 5.73 Å². The highest BCUT2D eigenvalue weighted by Crippen LogP contribution is 2.21. The normalized spacial score (nSPS) is 14.4. The molecule has 74 valence electrons. The molecule has 3 N–H and O–H groups in total. The van der Waals surface area contributed by atoms with E-state index < -0.39 is 5.54 Å². The van der Waals surface area contributed by atoms with Crippen LogP contribution in [-0.4, -0.2) is 11.7 Å². The molecule has 3 heteroatoms. The molecule has 0 saturated carbocycles. The molecule has 1 aromatic carbocycles. The minimum Gasteiger partial charge on any atom is -0.394 e. The lowest BCUT2D eigenvalue weighted by molar-refractivity contribution is 0.209. The van der Waals surface area contributed by atoms with E-state index in [0.717, 1.165) is 11.1 Å². The van der Waals surface area contributed by atoms with E-state index in [9.17, 15) is 0 Å². The molecule has 0 unspecified atom stereocenters. The second-order valence-corrected chi connectivity index (χ2v) is 3.57. The highest BCUT2D eigenvalue weighted by molar-refractivity contribution is 5.34. The van der Waals surface area contributed by atoms with Crippen molar-refractivity contribution in [1.29, 1.82) is 5.26 Å². The Hall–Kier alpha value is -1.37. The van der Waals surface area contributed by atoms with Crippen LogP contribution in [0.1, 0.15) is 18.1 Å². The summed E-state index contributed by atoms with van der Waals surface area (Å²) in [6.45, 7) is 1.62. The fourth-order valence-corrected chi connectivity index (χ4v) is 1.40. The van der Waals surface area contributed by atoms with Crippen molar-refractivity contribution in [3.05, 3.63) is 35.4 Å². The Balaban J connectivity index is 3.14. The summed E-state index contributed by atoms with van der Waals surface area (Å²) in [6.07, 6.45) is 0.322. The zero-order valence-corrected chi connectivity index (χ0v) is 8.20. The molecule has 0 aromatic heterocycles. The summed E-state index contributed by atoms with van der Waals surface area (Å²) in [7, 11) is 0. The highest BCUT2D eigenvalue weighted by atomic mass is 16.3. The molecule has 0 aliphatic heterocycles. The van der Waals surface area contributed by atoms with E-state index >= 15 is 0 Å². The summed E-state index contributed by atoms with van der Waals surface area (Å²) in [6, 6.07) is 9.52. The van der Waals surface area contributed by atoms with Crippen LogP contribution in [0.3, 0.4) is 0 Å². The van der Waals surface area contributed by atoms with Crippen molar-refractivity contribution < 1.29 is 5.11 Å². The van der Waals surface area contributed by atoms with Crippen molar-refractivity contribution in [1.82, 2.24) is 0 Å². The van der Waals surface area contributed by atoms with Gasteiger partial charge in [0, 0.05) is 0 Å². The van der Waals surface area contributed by atoms with Crippen LogP contribution in [0.15, 0.2) is 24.3 Å². The van der Waals surface area contributed by atoms with Crippen molar-refractivity contribution in [2.45, 2.75) is 18.9 Å². The van der Waals surface area contributed by atoms with Crippen LogP contribution in [0.4, 0.5) is 0 Å². The summed E-state index contributed by atoms with van der Waals surface area (Å²) in [5.74, 6) is 0. The summed E-state index contributed by atoms with van der Waals surface area (Å²) in [4.78, 5) is 0. The van der Waals surface area contributed by atoms with Gasteiger partial charge in [0.05, 0.1) is 24.6 Å². The second-order valence-electron chi connectivity index (χ2n) is 3.57. The number of rotatable bonds is 3. The first-order valence-corrected chi connectivity index (χ1v) is 4.47. The average Bonchev–Trinajstić information content (AvgIpc) is 2.19. The van der Waals surface area contributed by atoms with E-state index in [1.165, 1.54) is 0 Å². The predicted octanol–water partition coefficient (Wildman–Crippen LogP) is 0.919. The molecule has 0 heterocycles. The van der Waals surface area contributed by atoms with Gasteiger partial charge in [-0.15, -0.1) is 0 Å². The van der Waals surface area contributed by atoms with Gasteiger partial charge in [0.2, 0.25) is 0 Å². The summed E-state index contributed by atoms with van der Waals surface area (Å²) < 4.78 is 0. The van der Waals surface area contributed by atoms with E-state index in [4.69, 9.17) is 16.1 Å². The molecule has 0 bridgehead atoms. The molecule has 0 fully saturated rings. The number of benzene rings is 1. The molecular weight excluding hydrogens is 176 g/mol. The maximum Gasteiger partial charge on any atom is 0.0669 e. The first kappa shape index (κ1) is 10.7. The van der Waals surface area contributed by atoms with Gasteiger partial charge in [-0.2, -0.15) is 5.26 Å². The van der Waals surface area contributed by atoms with Crippen LogP contribution in [0.25, 0.3) is 0 Å². The molecule has 1 aromatic rings. The first-order chi connectivity index (χ1) is 6.61. The Bertz CT molecular complexity index is 353. The SMILES string of the molecule is C[C@](N)(CO)c1ccccc1CC#N. The average molecular weight is 190 g/mol. The largest absolute Gasteiger partial charge is 0.394 e. The number of nitrogens with two attached hydrogens (primary N) is 1. The van der Waals surface area contributed by atoms with E-state index in [-0.39, 0.29) is 6.61 Å². The Morgan fingerprint density at radius 2 is 2.14 bits per heavy atom. The summed E-state index contributed by atoms with van der Waals surface area (Å²) >= 11 is 0. The molecular formula is C11H14N2O. The van der Waals surface area contributed by atoms with Crippen LogP contribution >= 0.6 is 0 Å². The molecule has 1 atom stereocenters. The molecule has 0 radical (unpaired) electrons. The molecule has 0 aliphatic carbocycles. The summed E-state index contributed by atoms with van der Waals surface area (Å²) in [5, 5.41) is 17.8. The Morgan fingerprint density at radius 3 is 2.71 bits per heavy atom. The Morgan fingerprint density at radius 1 is 1.50 bits per heavy atom.